The Hall–Kier alpha value is -5.32. The molecule has 258 valence electrons. The molecule has 0 fully saturated rings. The van der Waals surface area contributed by atoms with Crippen molar-refractivity contribution in [2.24, 2.45) is 10.2 Å². The molecular weight excluding hydrogens is 679 g/mol. The number of hydrogen-bond donors (Lipinski definition) is 2. The fraction of sp³-hybridized carbons (Fsp3) is 0.211. The van der Waals surface area contributed by atoms with Crippen LogP contribution in [0.4, 0.5) is 0 Å². The van der Waals surface area contributed by atoms with Crippen LogP contribution in [0.25, 0.3) is 0 Å². The lowest BCUT2D eigenvalue weighted by Crippen LogP contribution is -2.17. The van der Waals surface area contributed by atoms with Crippen molar-refractivity contribution >= 4 is 59.4 Å². The summed E-state index contributed by atoms with van der Waals surface area (Å²) in [4.78, 5) is 49.4. The summed E-state index contributed by atoms with van der Waals surface area (Å²) in [7, 11) is 0. The highest BCUT2D eigenvalue weighted by Crippen LogP contribution is 2.20. The van der Waals surface area contributed by atoms with Gasteiger partial charge in [-0.2, -0.15) is 10.2 Å². The molecule has 0 heterocycles. The van der Waals surface area contributed by atoms with Crippen molar-refractivity contribution in [1.82, 2.24) is 10.9 Å². The summed E-state index contributed by atoms with van der Waals surface area (Å²) >= 11 is 11.8. The number of benzene rings is 4. The van der Waals surface area contributed by atoms with Gasteiger partial charge in [0.2, 0.25) is 11.8 Å². The van der Waals surface area contributed by atoms with Gasteiger partial charge in [-0.25, -0.2) is 20.4 Å². The second-order valence-electron chi connectivity index (χ2n) is 11.1. The zero-order valence-corrected chi connectivity index (χ0v) is 28.7. The van der Waals surface area contributed by atoms with Gasteiger partial charge in [0.1, 0.15) is 11.5 Å². The number of nitrogens with zero attached hydrogens (tertiary/aromatic N) is 2. The van der Waals surface area contributed by atoms with E-state index in [4.69, 9.17) is 32.7 Å². The predicted octanol–water partition coefficient (Wildman–Crippen LogP) is 8.15. The molecule has 0 spiro atoms. The van der Waals surface area contributed by atoms with Gasteiger partial charge >= 0.3 is 11.9 Å². The second-order valence-corrected chi connectivity index (χ2v) is 11.9. The predicted molar refractivity (Wildman–Crippen MR) is 194 cm³/mol. The van der Waals surface area contributed by atoms with Gasteiger partial charge in [0, 0.05) is 34.0 Å². The molecule has 0 unspecified atom stereocenters. The smallest absolute Gasteiger partial charge is 0.343 e. The van der Waals surface area contributed by atoms with Gasteiger partial charge in [0.05, 0.1) is 23.6 Å². The monoisotopic (exact) mass is 714 g/mol. The Balaban J connectivity index is 1.06. The van der Waals surface area contributed by atoms with E-state index in [0.717, 1.165) is 25.7 Å². The number of nitrogens with one attached hydrogen (secondary N) is 2. The average Bonchev–Trinajstić information content (AvgIpc) is 3.11. The summed E-state index contributed by atoms with van der Waals surface area (Å²) in [6.45, 7) is 0. The molecule has 0 saturated carbocycles. The molecule has 2 N–H and O–H groups in total. The first-order chi connectivity index (χ1) is 24.3. The summed E-state index contributed by atoms with van der Waals surface area (Å²) in [6.07, 6.45) is 8.57. The van der Waals surface area contributed by atoms with Crippen LogP contribution in [0.2, 0.25) is 10.0 Å². The number of ether oxygens (including phenoxy) is 2. The molecule has 50 heavy (non-hydrogen) atoms. The molecule has 0 aliphatic heterocycles. The minimum Gasteiger partial charge on any atom is -0.422 e. The highest BCUT2D eigenvalue weighted by atomic mass is 35.5. The SMILES string of the molecule is O=C(CCCCCCCCC(=O)NN=Cc1ccccc1OC(=O)c1ccc(Cl)cc1)NN=Cc1ccccc1OC(=O)c1ccc(Cl)cc1. The molecule has 0 saturated heterocycles. The Labute approximate surface area is 300 Å². The van der Waals surface area contributed by atoms with Crippen LogP contribution in [0, 0.1) is 0 Å². The van der Waals surface area contributed by atoms with E-state index in [1.165, 1.54) is 12.4 Å². The highest BCUT2D eigenvalue weighted by Gasteiger charge is 2.12. The van der Waals surface area contributed by atoms with Crippen molar-refractivity contribution in [3.05, 3.63) is 129 Å². The van der Waals surface area contributed by atoms with E-state index in [1.54, 1.807) is 97.1 Å². The third-order valence-corrected chi connectivity index (χ3v) is 7.75. The Morgan fingerprint density at radius 1 is 0.520 bits per heavy atom. The number of hydrogen-bond acceptors (Lipinski definition) is 8. The van der Waals surface area contributed by atoms with Gasteiger partial charge in [-0.15, -0.1) is 0 Å². The zero-order chi connectivity index (χ0) is 35.6. The van der Waals surface area contributed by atoms with E-state index >= 15 is 0 Å². The number of hydrazone groups is 2. The van der Waals surface area contributed by atoms with Gasteiger partial charge in [-0.3, -0.25) is 9.59 Å². The van der Waals surface area contributed by atoms with Crippen LogP contribution < -0.4 is 20.3 Å². The second kappa shape index (κ2) is 20.3. The maximum absolute atomic E-state index is 12.5. The van der Waals surface area contributed by atoms with Gasteiger partial charge in [-0.1, -0.05) is 73.2 Å². The lowest BCUT2D eigenvalue weighted by molar-refractivity contribution is -0.122. The van der Waals surface area contributed by atoms with E-state index in [9.17, 15) is 19.2 Å². The van der Waals surface area contributed by atoms with Crippen molar-refractivity contribution in [2.45, 2.75) is 51.4 Å². The number of amides is 2. The van der Waals surface area contributed by atoms with Gasteiger partial charge < -0.3 is 9.47 Å². The van der Waals surface area contributed by atoms with Crippen LogP contribution in [0.3, 0.4) is 0 Å². The molecule has 0 aliphatic carbocycles. The molecule has 2 amide bonds. The minimum atomic E-state index is -0.532. The number of unbranched alkanes of at least 4 members (excludes halogenated alkanes) is 5. The number of para-hydroxylation sites is 2. The largest absolute Gasteiger partial charge is 0.422 e. The quantitative estimate of drug-likeness (QED) is 0.0373. The highest BCUT2D eigenvalue weighted by molar-refractivity contribution is 6.31. The lowest BCUT2D eigenvalue weighted by Gasteiger charge is -2.07. The number of carbonyl (C=O) groups is 4. The molecule has 10 nitrogen and oxygen atoms in total. The Kier molecular flexibility index (Phi) is 15.2. The van der Waals surface area contributed by atoms with E-state index in [2.05, 4.69) is 21.1 Å². The number of carbonyl (C=O) groups excluding carboxylic acids is 4. The van der Waals surface area contributed by atoms with Gasteiger partial charge in [0.25, 0.3) is 0 Å². The maximum Gasteiger partial charge on any atom is 0.343 e. The van der Waals surface area contributed by atoms with Crippen molar-refractivity contribution in [2.75, 3.05) is 0 Å². The molecule has 4 aromatic rings. The summed E-state index contributed by atoms with van der Waals surface area (Å²) in [5, 5.41) is 9.06. The number of halogens is 2. The van der Waals surface area contributed by atoms with E-state index < -0.39 is 11.9 Å². The van der Waals surface area contributed by atoms with Crippen molar-refractivity contribution in [3.8, 4) is 11.5 Å². The van der Waals surface area contributed by atoms with E-state index in [0.29, 0.717) is 69.5 Å². The fourth-order valence-electron chi connectivity index (χ4n) is 4.59. The molecule has 0 radical (unpaired) electrons. The summed E-state index contributed by atoms with van der Waals surface area (Å²) in [5.41, 5.74) is 6.82. The minimum absolute atomic E-state index is 0.212. The third-order valence-electron chi connectivity index (χ3n) is 7.25. The molecule has 0 aliphatic rings. The molecule has 12 heteroatoms. The Morgan fingerprint density at radius 2 is 0.880 bits per heavy atom. The van der Waals surface area contributed by atoms with Crippen LogP contribution in [0.1, 0.15) is 83.2 Å². The summed E-state index contributed by atoms with van der Waals surface area (Å²) in [6, 6.07) is 26.5. The van der Waals surface area contributed by atoms with Crippen LogP contribution in [-0.4, -0.2) is 36.2 Å². The first-order valence-corrected chi connectivity index (χ1v) is 16.8. The summed E-state index contributed by atoms with van der Waals surface area (Å²) in [5.74, 6) is -0.863. The molecule has 4 rings (SSSR count). The zero-order valence-electron chi connectivity index (χ0n) is 27.1. The standard InChI is InChI=1S/C38H36Cl2N4O6/c39-31-21-17-27(18-22-31)37(47)49-33-13-9-7-11-29(33)25-41-43-35(45)15-5-3-1-2-4-6-16-36(46)44-42-26-30-12-8-10-14-34(30)50-38(48)28-19-23-32(40)24-20-28/h7-14,17-26H,1-6,15-16H2,(H,43,45)(H,44,46). The van der Waals surface area contributed by atoms with Crippen molar-refractivity contribution < 1.29 is 28.7 Å². The first kappa shape index (κ1) is 37.5. The van der Waals surface area contributed by atoms with E-state index in [-0.39, 0.29) is 11.8 Å². The van der Waals surface area contributed by atoms with Gasteiger partial charge in [0.15, 0.2) is 0 Å². The van der Waals surface area contributed by atoms with Crippen LogP contribution in [0.15, 0.2) is 107 Å². The lowest BCUT2D eigenvalue weighted by atomic mass is 10.1. The van der Waals surface area contributed by atoms with Crippen LogP contribution in [-0.2, 0) is 9.59 Å². The molecule has 0 atom stereocenters. The topological polar surface area (TPSA) is 136 Å². The average molecular weight is 716 g/mol. The fourth-order valence-corrected chi connectivity index (χ4v) is 4.84. The van der Waals surface area contributed by atoms with Crippen LogP contribution >= 0.6 is 23.2 Å². The molecule has 4 aromatic carbocycles. The van der Waals surface area contributed by atoms with Crippen molar-refractivity contribution in [3.63, 3.8) is 0 Å². The Morgan fingerprint density at radius 3 is 1.28 bits per heavy atom. The van der Waals surface area contributed by atoms with Crippen LogP contribution in [0.5, 0.6) is 11.5 Å². The molecular formula is C38H36Cl2N4O6. The van der Waals surface area contributed by atoms with E-state index in [1.807, 2.05) is 0 Å². The van der Waals surface area contributed by atoms with Gasteiger partial charge in [-0.05, 0) is 85.6 Å². The number of rotatable bonds is 17. The van der Waals surface area contributed by atoms with Crippen molar-refractivity contribution in [1.29, 1.82) is 0 Å². The normalized spacial score (nSPS) is 11.0. The first-order valence-electron chi connectivity index (χ1n) is 16.1. The molecule has 0 aromatic heterocycles. The molecule has 0 bridgehead atoms. The third kappa shape index (κ3) is 12.9. The summed E-state index contributed by atoms with van der Waals surface area (Å²) < 4.78 is 11.0. The number of esters is 2. The maximum atomic E-state index is 12.5. The Bertz CT molecular complexity index is 1680.